The van der Waals surface area contributed by atoms with Crippen LogP contribution in [-0.2, 0) is 6.54 Å². The highest BCUT2D eigenvalue weighted by Gasteiger charge is 2.22. The lowest BCUT2D eigenvalue weighted by Gasteiger charge is -2.16. The fourth-order valence-corrected chi connectivity index (χ4v) is 1.91. The van der Waals surface area contributed by atoms with E-state index in [-0.39, 0.29) is 0 Å². The molecule has 1 aromatic rings. The van der Waals surface area contributed by atoms with Crippen molar-refractivity contribution in [3.05, 3.63) is 29.3 Å². The van der Waals surface area contributed by atoms with Crippen molar-refractivity contribution in [2.45, 2.75) is 26.3 Å². The number of anilines is 1. The topological polar surface area (TPSA) is 29.3 Å². The molecule has 1 saturated carbocycles. The highest BCUT2D eigenvalue weighted by molar-refractivity contribution is 5.48. The summed E-state index contributed by atoms with van der Waals surface area (Å²) in [5.74, 6) is 0.956. The van der Waals surface area contributed by atoms with Gasteiger partial charge < -0.3 is 10.6 Å². The van der Waals surface area contributed by atoms with E-state index in [1.165, 1.54) is 30.5 Å². The molecule has 15 heavy (non-hydrogen) atoms. The van der Waals surface area contributed by atoms with Crippen LogP contribution in [0.1, 0.15) is 24.0 Å². The quantitative estimate of drug-likeness (QED) is 0.763. The summed E-state index contributed by atoms with van der Waals surface area (Å²) < 4.78 is 0. The van der Waals surface area contributed by atoms with E-state index >= 15 is 0 Å². The van der Waals surface area contributed by atoms with Crippen molar-refractivity contribution in [3.63, 3.8) is 0 Å². The first-order valence-corrected chi connectivity index (χ1v) is 5.68. The highest BCUT2D eigenvalue weighted by atomic mass is 15.1. The van der Waals surface area contributed by atoms with Gasteiger partial charge in [-0.05, 0) is 49.9 Å². The standard InChI is InChI=1S/C13H20N2/c1-10-3-4-12(7-13(10)14)9-15(2)8-11-5-6-11/h3-4,7,11H,5-6,8-9,14H2,1-2H3. The number of nitrogens with zero attached hydrogens (tertiary/aromatic N) is 1. The lowest BCUT2D eigenvalue weighted by molar-refractivity contribution is 0.313. The normalized spacial score (nSPS) is 15.9. The lowest BCUT2D eigenvalue weighted by atomic mass is 10.1. The number of nitrogen functional groups attached to an aromatic ring is 1. The van der Waals surface area contributed by atoms with Crippen molar-refractivity contribution in [1.29, 1.82) is 0 Å². The van der Waals surface area contributed by atoms with Gasteiger partial charge in [0.25, 0.3) is 0 Å². The fraction of sp³-hybridized carbons (Fsp3) is 0.538. The molecule has 0 spiro atoms. The number of hydrogen-bond acceptors (Lipinski definition) is 2. The van der Waals surface area contributed by atoms with E-state index in [1.54, 1.807) is 0 Å². The highest BCUT2D eigenvalue weighted by Crippen LogP contribution is 2.29. The van der Waals surface area contributed by atoms with Crippen molar-refractivity contribution in [2.75, 3.05) is 19.3 Å². The molecule has 0 saturated heterocycles. The second-order valence-electron chi connectivity index (χ2n) is 4.83. The van der Waals surface area contributed by atoms with Gasteiger partial charge >= 0.3 is 0 Å². The number of nitrogens with two attached hydrogens (primary N) is 1. The molecule has 2 rings (SSSR count). The van der Waals surface area contributed by atoms with Gasteiger partial charge in [0.15, 0.2) is 0 Å². The Morgan fingerprint density at radius 3 is 2.73 bits per heavy atom. The fourth-order valence-electron chi connectivity index (χ4n) is 1.91. The van der Waals surface area contributed by atoms with Crippen LogP contribution in [0.5, 0.6) is 0 Å². The van der Waals surface area contributed by atoms with E-state index in [4.69, 9.17) is 5.73 Å². The van der Waals surface area contributed by atoms with E-state index < -0.39 is 0 Å². The van der Waals surface area contributed by atoms with Crippen LogP contribution < -0.4 is 5.73 Å². The van der Waals surface area contributed by atoms with Gasteiger partial charge in [-0.2, -0.15) is 0 Å². The van der Waals surface area contributed by atoms with Crippen molar-refractivity contribution in [2.24, 2.45) is 5.92 Å². The summed E-state index contributed by atoms with van der Waals surface area (Å²) >= 11 is 0. The first-order valence-electron chi connectivity index (χ1n) is 5.68. The van der Waals surface area contributed by atoms with E-state index in [0.717, 1.165) is 18.2 Å². The number of benzene rings is 1. The van der Waals surface area contributed by atoms with Gasteiger partial charge in [0.2, 0.25) is 0 Å². The summed E-state index contributed by atoms with van der Waals surface area (Å²) in [6.45, 7) is 4.29. The van der Waals surface area contributed by atoms with Crippen LogP contribution in [0.4, 0.5) is 5.69 Å². The summed E-state index contributed by atoms with van der Waals surface area (Å²) in [5, 5.41) is 0. The van der Waals surface area contributed by atoms with Crippen molar-refractivity contribution in [3.8, 4) is 0 Å². The summed E-state index contributed by atoms with van der Waals surface area (Å²) in [5.41, 5.74) is 9.29. The average Bonchev–Trinajstić information content (AvgIpc) is 2.95. The van der Waals surface area contributed by atoms with Crippen molar-refractivity contribution in [1.82, 2.24) is 4.90 Å². The molecular formula is C13H20N2. The molecule has 0 heterocycles. The van der Waals surface area contributed by atoms with Crippen LogP contribution in [0.3, 0.4) is 0 Å². The Balaban J connectivity index is 1.93. The smallest absolute Gasteiger partial charge is 0.0346 e. The monoisotopic (exact) mass is 204 g/mol. The van der Waals surface area contributed by atoms with Gasteiger partial charge in [0.05, 0.1) is 0 Å². The molecule has 1 fully saturated rings. The maximum absolute atomic E-state index is 5.89. The summed E-state index contributed by atoms with van der Waals surface area (Å²) in [6.07, 6.45) is 2.83. The largest absolute Gasteiger partial charge is 0.399 e. The molecule has 2 heteroatoms. The Morgan fingerprint density at radius 2 is 2.13 bits per heavy atom. The Hall–Kier alpha value is -1.02. The maximum Gasteiger partial charge on any atom is 0.0346 e. The van der Waals surface area contributed by atoms with Gasteiger partial charge in [-0.3, -0.25) is 0 Å². The molecule has 1 aliphatic carbocycles. The third-order valence-electron chi connectivity index (χ3n) is 3.06. The maximum atomic E-state index is 5.89. The minimum atomic E-state index is 0.910. The van der Waals surface area contributed by atoms with Crippen LogP contribution in [0.25, 0.3) is 0 Å². The van der Waals surface area contributed by atoms with Crippen molar-refractivity contribution >= 4 is 5.69 Å². The zero-order valence-corrected chi connectivity index (χ0v) is 9.66. The first-order chi connectivity index (χ1) is 7.15. The van der Waals surface area contributed by atoms with Gasteiger partial charge in [-0.15, -0.1) is 0 Å². The molecule has 0 bridgehead atoms. The molecule has 1 aliphatic rings. The number of aryl methyl sites for hydroxylation is 1. The molecule has 82 valence electrons. The van der Waals surface area contributed by atoms with E-state index in [9.17, 15) is 0 Å². The summed E-state index contributed by atoms with van der Waals surface area (Å²) in [4.78, 5) is 2.39. The van der Waals surface area contributed by atoms with Gasteiger partial charge in [0, 0.05) is 18.8 Å². The molecule has 0 atom stereocenters. The van der Waals surface area contributed by atoms with Crippen LogP contribution >= 0.6 is 0 Å². The number of rotatable bonds is 4. The molecule has 0 unspecified atom stereocenters. The van der Waals surface area contributed by atoms with Crippen LogP contribution in [0, 0.1) is 12.8 Å². The second kappa shape index (κ2) is 4.23. The Bertz CT molecular complexity index is 342. The molecular weight excluding hydrogens is 184 g/mol. The second-order valence-corrected chi connectivity index (χ2v) is 4.83. The Labute approximate surface area is 92.1 Å². The van der Waals surface area contributed by atoms with Gasteiger partial charge in [-0.25, -0.2) is 0 Å². The van der Waals surface area contributed by atoms with Crippen molar-refractivity contribution < 1.29 is 0 Å². The molecule has 0 aliphatic heterocycles. The summed E-state index contributed by atoms with van der Waals surface area (Å²) in [7, 11) is 2.19. The predicted molar refractivity (Wildman–Crippen MR) is 64.6 cm³/mol. The molecule has 0 amide bonds. The third kappa shape index (κ3) is 2.96. The van der Waals surface area contributed by atoms with E-state index in [1.807, 2.05) is 6.92 Å². The molecule has 1 aromatic carbocycles. The zero-order valence-electron chi connectivity index (χ0n) is 9.66. The minimum Gasteiger partial charge on any atom is -0.399 e. The molecule has 0 aromatic heterocycles. The predicted octanol–water partition coefficient (Wildman–Crippen LogP) is 2.42. The SMILES string of the molecule is Cc1ccc(CN(C)CC2CC2)cc1N. The van der Waals surface area contributed by atoms with Gasteiger partial charge in [-0.1, -0.05) is 12.1 Å². The van der Waals surface area contributed by atoms with Crippen LogP contribution in [-0.4, -0.2) is 18.5 Å². The zero-order chi connectivity index (χ0) is 10.8. The molecule has 2 nitrogen and oxygen atoms in total. The minimum absolute atomic E-state index is 0.910. The lowest BCUT2D eigenvalue weighted by Crippen LogP contribution is -2.20. The van der Waals surface area contributed by atoms with E-state index in [0.29, 0.717) is 0 Å². The average molecular weight is 204 g/mol. The van der Waals surface area contributed by atoms with E-state index in [2.05, 4.69) is 30.1 Å². The Kier molecular flexibility index (Phi) is 2.96. The molecule has 0 radical (unpaired) electrons. The van der Waals surface area contributed by atoms with Crippen LogP contribution in [0.2, 0.25) is 0 Å². The third-order valence-corrected chi connectivity index (χ3v) is 3.06. The molecule has 2 N–H and O–H groups in total. The first kappa shape index (κ1) is 10.5. The van der Waals surface area contributed by atoms with Gasteiger partial charge in [0.1, 0.15) is 0 Å². The number of hydrogen-bond donors (Lipinski definition) is 1. The van der Waals surface area contributed by atoms with Crippen LogP contribution in [0.15, 0.2) is 18.2 Å². The summed E-state index contributed by atoms with van der Waals surface area (Å²) in [6, 6.07) is 6.38. The Morgan fingerprint density at radius 1 is 1.40 bits per heavy atom.